The Labute approximate surface area is 348 Å². The standard InChI is InChI=1S/C23H25BrClN5O3.C16H21BrN4O2/c1-29-22(20(24)12-26-29)19-11-17(28-23(31)27-16-5-3-15(25)4-6-16)7-8-21(19)33-10-9-30-13-18(14-30)32-2;1-20-16(14(17)8-19-20)13-7-11(18)3-4-15(13)23-6-5-21-9-12(10-21)22-2/h3-8,11-12,18H,9-10,13-14H2,1-2H3,(H2,27,28,31);3-4,7-8,12H,5-6,9-10,18H2,1-2H3. The quantitative estimate of drug-likeness (QED) is 0.0997. The molecular weight excluding hydrogens is 870 g/mol. The number of nitrogen functional groups attached to an aromatic ring is 1. The first-order valence-electron chi connectivity index (χ1n) is 18.0. The molecule has 0 bridgehead atoms. The monoisotopic (exact) mass is 913 g/mol. The number of methoxy groups -OCH3 is 2. The van der Waals surface area contributed by atoms with Crippen molar-refractivity contribution < 1.29 is 23.7 Å². The number of urea groups is 1. The van der Waals surface area contributed by atoms with E-state index in [1.807, 2.05) is 55.2 Å². The van der Waals surface area contributed by atoms with Gasteiger partial charge in [-0.25, -0.2) is 4.79 Å². The van der Waals surface area contributed by atoms with Gasteiger partial charge in [-0.05, 0) is 92.5 Å². The van der Waals surface area contributed by atoms with E-state index in [4.69, 9.17) is 36.3 Å². The molecule has 0 atom stereocenters. The van der Waals surface area contributed by atoms with Crippen molar-refractivity contribution in [3.05, 3.63) is 87.0 Å². The summed E-state index contributed by atoms with van der Waals surface area (Å²) < 4.78 is 28.1. The smallest absolute Gasteiger partial charge is 0.323 e. The van der Waals surface area contributed by atoms with Gasteiger partial charge in [-0.3, -0.25) is 19.2 Å². The molecule has 0 unspecified atom stereocenters. The average Bonchev–Trinajstić information content (AvgIpc) is 3.66. The van der Waals surface area contributed by atoms with Crippen LogP contribution in [0.25, 0.3) is 22.5 Å². The van der Waals surface area contributed by atoms with Crippen LogP contribution < -0.4 is 25.8 Å². The summed E-state index contributed by atoms with van der Waals surface area (Å²) in [6, 6.07) is 17.8. The largest absolute Gasteiger partial charge is 0.492 e. The number of benzene rings is 3. The number of anilines is 3. The maximum atomic E-state index is 12.5. The Kier molecular flexibility index (Phi) is 14.3. The fourth-order valence-electron chi connectivity index (χ4n) is 6.31. The molecule has 2 saturated heterocycles. The van der Waals surface area contributed by atoms with Crippen molar-refractivity contribution in [3.63, 3.8) is 0 Å². The molecule has 2 aromatic heterocycles. The molecule has 2 aliphatic heterocycles. The minimum atomic E-state index is -0.355. The molecule has 4 heterocycles. The lowest BCUT2D eigenvalue weighted by Crippen LogP contribution is -2.52. The number of aromatic nitrogens is 4. The molecule has 0 radical (unpaired) electrons. The summed E-state index contributed by atoms with van der Waals surface area (Å²) in [6.07, 6.45) is 4.19. The van der Waals surface area contributed by atoms with Crippen molar-refractivity contribution in [2.75, 3.05) is 83.1 Å². The van der Waals surface area contributed by atoms with Crippen molar-refractivity contribution >= 4 is 66.6 Å². The zero-order valence-electron chi connectivity index (χ0n) is 31.7. The first-order valence-corrected chi connectivity index (χ1v) is 20.0. The molecule has 0 aliphatic carbocycles. The van der Waals surface area contributed by atoms with Crippen LogP contribution in [0.1, 0.15) is 0 Å². The van der Waals surface area contributed by atoms with Gasteiger partial charge in [-0.15, -0.1) is 0 Å². The third-order valence-corrected chi connectivity index (χ3v) is 10.9. The molecule has 0 saturated carbocycles. The van der Waals surface area contributed by atoms with Gasteiger partial charge in [0, 0.05) is 101 Å². The summed E-state index contributed by atoms with van der Waals surface area (Å²) in [5.74, 6) is 1.53. The second-order valence-electron chi connectivity index (χ2n) is 13.4. The summed E-state index contributed by atoms with van der Waals surface area (Å²) in [7, 11) is 7.26. The van der Waals surface area contributed by atoms with Crippen LogP contribution in [0.3, 0.4) is 0 Å². The van der Waals surface area contributed by atoms with E-state index in [1.165, 1.54) is 0 Å². The van der Waals surface area contributed by atoms with Crippen LogP contribution in [0.4, 0.5) is 21.9 Å². The highest BCUT2D eigenvalue weighted by Crippen LogP contribution is 2.38. The van der Waals surface area contributed by atoms with Gasteiger partial charge in [-0.1, -0.05) is 11.6 Å². The summed E-state index contributed by atoms with van der Waals surface area (Å²) in [5, 5.41) is 14.9. The van der Waals surface area contributed by atoms with Crippen LogP contribution in [0.2, 0.25) is 5.02 Å². The highest BCUT2D eigenvalue weighted by atomic mass is 79.9. The van der Waals surface area contributed by atoms with Crippen molar-refractivity contribution in [2.24, 2.45) is 14.1 Å². The Morgan fingerprint density at radius 1 is 0.750 bits per heavy atom. The molecule has 4 N–H and O–H groups in total. The van der Waals surface area contributed by atoms with Gasteiger partial charge in [0.2, 0.25) is 0 Å². The molecule has 5 aromatic rings. The second kappa shape index (κ2) is 19.3. The van der Waals surface area contributed by atoms with Gasteiger partial charge in [-0.2, -0.15) is 10.2 Å². The summed E-state index contributed by atoms with van der Waals surface area (Å²) in [6.45, 7) is 6.66. The molecule has 14 nitrogen and oxygen atoms in total. The average molecular weight is 916 g/mol. The highest BCUT2D eigenvalue weighted by molar-refractivity contribution is 9.11. The molecule has 3 aromatic carbocycles. The number of nitrogens with zero attached hydrogens (tertiary/aromatic N) is 6. The molecule has 2 aliphatic rings. The van der Waals surface area contributed by atoms with Crippen LogP contribution in [0, 0.1) is 0 Å². The molecule has 7 rings (SSSR count). The minimum Gasteiger partial charge on any atom is -0.492 e. The maximum Gasteiger partial charge on any atom is 0.323 e. The summed E-state index contributed by atoms with van der Waals surface area (Å²) in [4.78, 5) is 17.1. The number of amides is 2. The predicted molar refractivity (Wildman–Crippen MR) is 227 cm³/mol. The van der Waals surface area contributed by atoms with Gasteiger partial charge >= 0.3 is 6.03 Å². The molecule has 298 valence electrons. The number of rotatable bonds is 14. The van der Waals surface area contributed by atoms with E-state index in [1.54, 1.807) is 55.6 Å². The van der Waals surface area contributed by atoms with Crippen LogP contribution in [0.15, 0.2) is 82.0 Å². The number of ether oxygens (including phenoxy) is 4. The van der Waals surface area contributed by atoms with Gasteiger partial charge < -0.3 is 35.3 Å². The van der Waals surface area contributed by atoms with Crippen LogP contribution in [-0.2, 0) is 23.6 Å². The Hall–Kier alpha value is -4.16. The highest BCUT2D eigenvalue weighted by Gasteiger charge is 2.27. The van der Waals surface area contributed by atoms with Crippen LogP contribution in [0.5, 0.6) is 11.5 Å². The first kappa shape index (κ1) is 41.5. The number of halogens is 3. The van der Waals surface area contributed by atoms with E-state index in [0.717, 1.165) is 76.5 Å². The zero-order chi connectivity index (χ0) is 39.8. The molecule has 56 heavy (non-hydrogen) atoms. The van der Waals surface area contributed by atoms with E-state index in [9.17, 15) is 4.79 Å². The third kappa shape index (κ3) is 10.6. The summed E-state index contributed by atoms with van der Waals surface area (Å²) in [5.41, 5.74) is 11.5. The Bertz CT molecular complexity index is 2050. The second-order valence-corrected chi connectivity index (χ2v) is 15.6. The minimum absolute atomic E-state index is 0.315. The van der Waals surface area contributed by atoms with E-state index < -0.39 is 0 Å². The lowest BCUT2D eigenvalue weighted by atomic mass is 10.1. The number of nitrogens with two attached hydrogens (primary N) is 1. The predicted octanol–water partition coefficient (Wildman–Crippen LogP) is 7.00. The Morgan fingerprint density at radius 2 is 1.21 bits per heavy atom. The fourth-order valence-corrected chi connectivity index (χ4v) is 7.56. The van der Waals surface area contributed by atoms with Crippen molar-refractivity contribution in [2.45, 2.75) is 12.2 Å². The number of hydrogen-bond acceptors (Lipinski definition) is 10. The summed E-state index contributed by atoms with van der Waals surface area (Å²) >= 11 is 13.0. The van der Waals surface area contributed by atoms with Gasteiger partial charge in [0.1, 0.15) is 24.7 Å². The van der Waals surface area contributed by atoms with Crippen molar-refractivity contribution in [3.8, 4) is 34.0 Å². The molecule has 2 amide bonds. The first-order chi connectivity index (χ1) is 27.0. The lowest BCUT2D eigenvalue weighted by Gasteiger charge is -2.37. The van der Waals surface area contributed by atoms with E-state index >= 15 is 0 Å². The number of carbonyl (C=O) groups is 1. The van der Waals surface area contributed by atoms with Crippen LogP contribution in [-0.4, -0.2) is 114 Å². The number of nitrogens with one attached hydrogen (secondary N) is 2. The molecular formula is C39H46Br2ClN9O5. The third-order valence-electron chi connectivity index (χ3n) is 9.49. The van der Waals surface area contributed by atoms with Crippen molar-refractivity contribution in [1.82, 2.24) is 29.4 Å². The van der Waals surface area contributed by atoms with E-state index in [0.29, 0.717) is 53.3 Å². The zero-order valence-corrected chi connectivity index (χ0v) is 35.6. The van der Waals surface area contributed by atoms with Gasteiger partial charge in [0.15, 0.2) is 0 Å². The molecule has 0 spiro atoms. The van der Waals surface area contributed by atoms with E-state index in [2.05, 4.69) is 62.5 Å². The van der Waals surface area contributed by atoms with Gasteiger partial charge in [0.25, 0.3) is 0 Å². The molecule has 17 heteroatoms. The van der Waals surface area contributed by atoms with Gasteiger partial charge in [0.05, 0.1) is 44.9 Å². The fraction of sp³-hybridized carbons (Fsp3) is 0.359. The normalized spacial score (nSPS) is 14.7. The van der Waals surface area contributed by atoms with E-state index in [-0.39, 0.29) is 6.03 Å². The SMILES string of the molecule is COC1CN(CCOc2ccc(N)cc2-c2c(Br)cnn2C)C1.COC1CN(CCOc2ccc(NC(=O)Nc3ccc(Cl)cc3)cc2-c2c(Br)cnn2C)C1. The molecule has 2 fully saturated rings. The number of hydrogen-bond donors (Lipinski definition) is 3. The Balaban J connectivity index is 0.000000202. The topological polar surface area (TPSA) is 146 Å². The number of aryl methyl sites for hydroxylation is 2. The maximum absolute atomic E-state index is 12.5. The Morgan fingerprint density at radius 3 is 1.70 bits per heavy atom. The van der Waals surface area contributed by atoms with Crippen molar-refractivity contribution in [1.29, 1.82) is 0 Å². The lowest BCUT2D eigenvalue weighted by molar-refractivity contribution is -0.0334. The number of carbonyl (C=O) groups excluding carboxylic acids is 1. The number of likely N-dealkylation sites (tertiary alicyclic amines) is 2. The van der Waals surface area contributed by atoms with Crippen LogP contribution >= 0.6 is 43.5 Å².